The lowest BCUT2D eigenvalue weighted by atomic mass is 10.1. The molecule has 0 saturated carbocycles. The molecule has 0 aliphatic carbocycles. The number of aromatic nitrogens is 3. The molecule has 0 unspecified atom stereocenters. The predicted molar refractivity (Wildman–Crippen MR) is 75.3 cm³/mol. The first-order chi connectivity index (χ1) is 9.13. The van der Waals surface area contributed by atoms with E-state index in [1.54, 1.807) is 25.3 Å². The number of aryl methyl sites for hydroxylation is 1. The van der Waals surface area contributed by atoms with Crippen LogP contribution in [0.5, 0.6) is 0 Å². The Labute approximate surface area is 112 Å². The third kappa shape index (κ3) is 2.15. The zero-order chi connectivity index (χ0) is 13.4. The molecule has 0 radical (unpaired) electrons. The maximum atomic E-state index is 12.2. The van der Waals surface area contributed by atoms with Gasteiger partial charge >= 0.3 is 0 Å². The molecular weight excluding hydrogens is 262 g/mol. The number of nitrogens with two attached hydrogens (primary N) is 1. The number of H-pyrrole nitrogens is 1. The van der Waals surface area contributed by atoms with Crippen LogP contribution < -0.4 is 11.1 Å². The van der Waals surface area contributed by atoms with Crippen LogP contribution in [0.2, 0.25) is 0 Å². The highest BCUT2D eigenvalue weighted by molar-refractivity contribution is 7.09. The van der Waals surface area contributed by atoms with Gasteiger partial charge in [-0.2, -0.15) is 4.37 Å². The van der Waals surface area contributed by atoms with Crippen molar-refractivity contribution in [3.63, 3.8) is 0 Å². The summed E-state index contributed by atoms with van der Waals surface area (Å²) in [6, 6.07) is 5.38. The van der Waals surface area contributed by atoms with E-state index in [4.69, 9.17) is 5.73 Å². The average molecular weight is 273 g/mol. The Morgan fingerprint density at radius 1 is 1.47 bits per heavy atom. The molecule has 1 amide bonds. The number of carbonyl (C=O) groups is 1. The van der Waals surface area contributed by atoms with Crippen LogP contribution in [-0.2, 0) is 0 Å². The smallest absolute Gasteiger partial charge is 0.259 e. The molecule has 7 heteroatoms. The van der Waals surface area contributed by atoms with E-state index >= 15 is 0 Å². The first-order valence-electron chi connectivity index (χ1n) is 5.62. The number of anilines is 2. The van der Waals surface area contributed by atoms with E-state index in [0.29, 0.717) is 22.2 Å². The lowest BCUT2D eigenvalue weighted by Crippen LogP contribution is -2.11. The molecule has 96 valence electrons. The number of aromatic amines is 1. The van der Waals surface area contributed by atoms with Crippen molar-refractivity contribution in [2.24, 2.45) is 0 Å². The van der Waals surface area contributed by atoms with Crippen LogP contribution in [0.25, 0.3) is 10.9 Å². The van der Waals surface area contributed by atoms with Crippen LogP contribution in [0.3, 0.4) is 0 Å². The second-order valence-corrected chi connectivity index (χ2v) is 4.86. The Hall–Kier alpha value is -2.41. The summed E-state index contributed by atoms with van der Waals surface area (Å²) in [4.78, 5) is 19.3. The molecular formula is C12H11N5OS. The number of nitrogen functional groups attached to an aromatic ring is 1. The molecule has 19 heavy (non-hydrogen) atoms. The summed E-state index contributed by atoms with van der Waals surface area (Å²) in [6.07, 6.45) is 1.66. The minimum atomic E-state index is -0.216. The van der Waals surface area contributed by atoms with Crippen molar-refractivity contribution >= 4 is 39.2 Å². The van der Waals surface area contributed by atoms with E-state index in [1.807, 2.05) is 6.07 Å². The van der Waals surface area contributed by atoms with Crippen molar-refractivity contribution in [3.8, 4) is 0 Å². The van der Waals surface area contributed by atoms with Crippen LogP contribution in [0, 0.1) is 6.92 Å². The van der Waals surface area contributed by atoms with Crippen LogP contribution in [-0.4, -0.2) is 20.2 Å². The van der Waals surface area contributed by atoms with Gasteiger partial charge in [-0.05, 0) is 25.1 Å². The summed E-state index contributed by atoms with van der Waals surface area (Å²) in [6.45, 7) is 1.78. The summed E-state index contributed by atoms with van der Waals surface area (Å²) >= 11 is 1.16. The maximum absolute atomic E-state index is 12.2. The third-order valence-electron chi connectivity index (χ3n) is 2.70. The molecule has 0 aliphatic heterocycles. The molecule has 0 fully saturated rings. The minimum absolute atomic E-state index is 0.216. The Morgan fingerprint density at radius 3 is 3.05 bits per heavy atom. The number of nitrogens with one attached hydrogen (secondary N) is 2. The molecule has 6 nitrogen and oxygen atoms in total. The monoisotopic (exact) mass is 273 g/mol. The van der Waals surface area contributed by atoms with Gasteiger partial charge in [0.15, 0.2) is 0 Å². The summed E-state index contributed by atoms with van der Waals surface area (Å²) in [5.74, 6) is 0.430. The fourth-order valence-corrected chi connectivity index (χ4v) is 2.41. The second kappa shape index (κ2) is 4.36. The van der Waals surface area contributed by atoms with Gasteiger partial charge in [0.05, 0.1) is 5.56 Å². The van der Waals surface area contributed by atoms with Crippen LogP contribution in [0.4, 0.5) is 10.8 Å². The number of hydrogen-bond donors (Lipinski definition) is 3. The number of nitrogens with zero attached hydrogens (tertiary/aromatic N) is 2. The molecule has 1 aromatic carbocycles. The van der Waals surface area contributed by atoms with E-state index in [-0.39, 0.29) is 5.91 Å². The van der Waals surface area contributed by atoms with Crippen LogP contribution in [0.15, 0.2) is 24.4 Å². The van der Waals surface area contributed by atoms with Gasteiger partial charge in [-0.15, -0.1) is 0 Å². The van der Waals surface area contributed by atoms with Crippen LogP contribution >= 0.6 is 11.5 Å². The van der Waals surface area contributed by atoms with E-state index in [0.717, 1.165) is 22.4 Å². The van der Waals surface area contributed by atoms with Crippen molar-refractivity contribution in [3.05, 3.63) is 35.8 Å². The quantitative estimate of drug-likeness (QED) is 0.623. The summed E-state index contributed by atoms with van der Waals surface area (Å²) in [5.41, 5.74) is 7.74. The predicted octanol–water partition coefficient (Wildman–Crippen LogP) is 2.16. The van der Waals surface area contributed by atoms with Gasteiger partial charge in [0, 0.05) is 34.3 Å². The molecule has 0 atom stereocenters. The molecule has 3 aromatic rings. The van der Waals surface area contributed by atoms with E-state index in [2.05, 4.69) is 19.7 Å². The van der Waals surface area contributed by atoms with Gasteiger partial charge < -0.3 is 10.7 Å². The van der Waals surface area contributed by atoms with Crippen molar-refractivity contribution < 1.29 is 4.79 Å². The van der Waals surface area contributed by atoms with E-state index < -0.39 is 0 Å². The Morgan fingerprint density at radius 2 is 2.32 bits per heavy atom. The number of benzene rings is 1. The minimum Gasteiger partial charge on any atom is -0.399 e. The molecule has 0 aliphatic rings. The molecule has 0 spiro atoms. The highest BCUT2D eigenvalue weighted by Gasteiger charge is 2.13. The SMILES string of the molecule is Cc1nsc(NC(=O)c2c[nH]c3cc(N)ccc23)n1. The molecule has 4 N–H and O–H groups in total. The number of carbonyl (C=O) groups excluding carboxylic acids is 1. The summed E-state index contributed by atoms with van der Waals surface area (Å²) in [7, 11) is 0. The molecule has 0 bridgehead atoms. The Balaban J connectivity index is 1.93. The van der Waals surface area contributed by atoms with Gasteiger partial charge in [0.1, 0.15) is 5.82 Å². The molecule has 2 heterocycles. The van der Waals surface area contributed by atoms with Gasteiger partial charge in [-0.1, -0.05) is 0 Å². The fourth-order valence-electron chi connectivity index (χ4n) is 1.84. The summed E-state index contributed by atoms with van der Waals surface area (Å²) < 4.78 is 4.02. The Bertz CT molecular complexity index is 760. The summed E-state index contributed by atoms with van der Waals surface area (Å²) in [5, 5.41) is 4.05. The molecule has 0 saturated heterocycles. The van der Waals surface area contributed by atoms with E-state index in [9.17, 15) is 4.79 Å². The van der Waals surface area contributed by atoms with Crippen molar-refractivity contribution in [2.45, 2.75) is 6.92 Å². The second-order valence-electron chi connectivity index (χ2n) is 4.11. The first kappa shape index (κ1) is 11.7. The van der Waals surface area contributed by atoms with Crippen molar-refractivity contribution in [1.29, 1.82) is 0 Å². The zero-order valence-electron chi connectivity index (χ0n) is 10.1. The lowest BCUT2D eigenvalue weighted by Gasteiger charge is -1.99. The standard InChI is InChI=1S/C12H11N5OS/c1-6-15-12(19-17-6)16-11(18)9-5-14-10-4-7(13)2-3-8(9)10/h2-5,14H,13H2,1H3,(H,15,16,17,18). The third-order valence-corrected chi connectivity index (χ3v) is 3.42. The topological polar surface area (TPSA) is 96.7 Å². The average Bonchev–Trinajstić information content (AvgIpc) is 2.95. The van der Waals surface area contributed by atoms with E-state index in [1.165, 1.54) is 0 Å². The lowest BCUT2D eigenvalue weighted by molar-refractivity contribution is 0.102. The fraction of sp³-hybridized carbons (Fsp3) is 0.0833. The van der Waals surface area contributed by atoms with Gasteiger partial charge in [-0.3, -0.25) is 10.1 Å². The maximum Gasteiger partial charge on any atom is 0.259 e. The number of rotatable bonds is 2. The van der Waals surface area contributed by atoms with Gasteiger partial charge in [0.2, 0.25) is 5.13 Å². The largest absolute Gasteiger partial charge is 0.399 e. The van der Waals surface area contributed by atoms with Crippen molar-refractivity contribution in [2.75, 3.05) is 11.1 Å². The molecule has 2 aromatic heterocycles. The molecule has 3 rings (SSSR count). The van der Waals surface area contributed by atoms with Crippen LogP contribution in [0.1, 0.15) is 16.2 Å². The highest BCUT2D eigenvalue weighted by atomic mass is 32.1. The normalized spacial score (nSPS) is 10.8. The number of fused-ring (bicyclic) bond motifs is 1. The highest BCUT2D eigenvalue weighted by Crippen LogP contribution is 2.22. The van der Waals surface area contributed by atoms with Crippen molar-refractivity contribution in [1.82, 2.24) is 14.3 Å². The number of hydrogen-bond acceptors (Lipinski definition) is 5. The Kier molecular flexibility index (Phi) is 2.68. The zero-order valence-corrected chi connectivity index (χ0v) is 10.9. The first-order valence-corrected chi connectivity index (χ1v) is 6.39. The number of amides is 1. The van der Waals surface area contributed by atoms with Gasteiger partial charge in [0.25, 0.3) is 5.91 Å². The van der Waals surface area contributed by atoms with Gasteiger partial charge in [-0.25, -0.2) is 4.98 Å².